The Morgan fingerprint density at radius 1 is 1.12 bits per heavy atom. The van der Waals surface area contributed by atoms with Crippen LogP contribution in [0.5, 0.6) is 0 Å². The average molecular weight is 351 g/mol. The topological polar surface area (TPSA) is 72.8 Å². The van der Waals surface area contributed by atoms with Crippen LogP contribution in [0.25, 0.3) is 6.08 Å². The van der Waals surface area contributed by atoms with Crippen LogP contribution in [0, 0.1) is 6.92 Å². The lowest BCUT2D eigenvalue weighted by molar-refractivity contribution is -0.255. The minimum atomic E-state index is -1.23. The zero-order valence-corrected chi connectivity index (χ0v) is 14.5. The monoisotopic (exact) mass is 351 g/mol. The first-order valence-corrected chi connectivity index (χ1v) is 8.40. The molecule has 1 heterocycles. The summed E-state index contributed by atoms with van der Waals surface area (Å²) in [6, 6.07) is 13.9. The van der Waals surface area contributed by atoms with Gasteiger partial charge in [-0.2, -0.15) is 0 Å². The minimum Gasteiger partial charge on any atom is -0.545 e. The molecule has 6 heteroatoms. The summed E-state index contributed by atoms with van der Waals surface area (Å²) in [5, 5.41) is 11.3. The van der Waals surface area contributed by atoms with Crippen LogP contribution >= 0.6 is 11.8 Å². The van der Waals surface area contributed by atoms with Crippen molar-refractivity contribution in [2.45, 2.75) is 6.92 Å². The summed E-state index contributed by atoms with van der Waals surface area (Å²) in [5.74, 6) is -1.35. The lowest BCUT2D eigenvalue weighted by atomic mass is 10.1. The van der Waals surface area contributed by atoms with E-state index >= 15 is 0 Å². The first-order chi connectivity index (χ1) is 11.9. The van der Waals surface area contributed by atoms with E-state index in [9.17, 15) is 14.7 Å². The van der Waals surface area contributed by atoms with Gasteiger partial charge in [-0.15, -0.1) is 0 Å². The number of amides is 1. The quantitative estimate of drug-likeness (QED) is 0.797. The van der Waals surface area contributed by atoms with Crippen molar-refractivity contribution in [3.63, 3.8) is 0 Å². The second-order valence-electron chi connectivity index (χ2n) is 5.61. The van der Waals surface area contributed by atoms with Crippen molar-refractivity contribution < 1.29 is 14.7 Å². The molecule has 1 aliphatic heterocycles. The maximum absolute atomic E-state index is 12.4. The molecule has 0 spiro atoms. The van der Waals surface area contributed by atoms with E-state index in [2.05, 4.69) is 4.99 Å². The van der Waals surface area contributed by atoms with Gasteiger partial charge in [-0.05, 0) is 48.0 Å². The fourth-order valence-electron chi connectivity index (χ4n) is 2.25. The van der Waals surface area contributed by atoms with E-state index in [0.717, 1.165) is 11.1 Å². The highest BCUT2D eigenvalue weighted by molar-refractivity contribution is 8.18. The van der Waals surface area contributed by atoms with Crippen molar-refractivity contribution in [3.8, 4) is 0 Å². The maximum atomic E-state index is 12.4. The number of hydrogen-bond donors (Lipinski definition) is 0. The van der Waals surface area contributed by atoms with Crippen LogP contribution in [-0.2, 0) is 4.79 Å². The predicted octanol–water partition coefficient (Wildman–Crippen LogP) is 2.59. The van der Waals surface area contributed by atoms with Crippen LogP contribution < -0.4 is 5.11 Å². The Morgan fingerprint density at radius 2 is 1.76 bits per heavy atom. The van der Waals surface area contributed by atoms with Crippen LogP contribution in [0.1, 0.15) is 21.5 Å². The molecule has 0 aromatic heterocycles. The first-order valence-electron chi connectivity index (χ1n) is 7.58. The summed E-state index contributed by atoms with van der Waals surface area (Å²) in [6.07, 6.45) is 1.84. The third-order valence-corrected chi connectivity index (χ3v) is 4.77. The van der Waals surface area contributed by atoms with E-state index < -0.39 is 5.97 Å². The van der Waals surface area contributed by atoms with Gasteiger partial charge in [0.2, 0.25) is 0 Å². The molecule has 25 heavy (non-hydrogen) atoms. The lowest BCUT2D eigenvalue weighted by Gasteiger charge is -2.07. The zero-order chi connectivity index (χ0) is 18.0. The van der Waals surface area contributed by atoms with Crippen LogP contribution in [0.4, 0.5) is 5.69 Å². The molecular formula is C19H15N2O3S-. The third-order valence-electron chi connectivity index (χ3n) is 3.71. The normalized spacial score (nSPS) is 17.5. The third kappa shape index (κ3) is 3.80. The van der Waals surface area contributed by atoms with Gasteiger partial charge in [0.1, 0.15) is 0 Å². The van der Waals surface area contributed by atoms with E-state index in [-0.39, 0.29) is 11.5 Å². The molecule has 0 unspecified atom stereocenters. The van der Waals surface area contributed by atoms with E-state index in [0.29, 0.717) is 15.8 Å². The molecule has 1 amide bonds. The molecule has 0 bridgehead atoms. The summed E-state index contributed by atoms with van der Waals surface area (Å²) in [7, 11) is 1.67. The molecule has 0 atom stereocenters. The first kappa shape index (κ1) is 17.0. The fourth-order valence-corrected chi connectivity index (χ4v) is 3.24. The number of carboxylic acid groups (broad SMARTS) is 1. The summed E-state index contributed by atoms with van der Waals surface area (Å²) in [5.41, 5.74) is 2.78. The number of amidine groups is 1. The molecule has 5 nitrogen and oxygen atoms in total. The van der Waals surface area contributed by atoms with Crippen molar-refractivity contribution >= 4 is 40.6 Å². The summed E-state index contributed by atoms with van der Waals surface area (Å²) in [4.78, 5) is 29.7. The zero-order valence-electron chi connectivity index (χ0n) is 13.7. The molecule has 0 saturated carbocycles. The van der Waals surface area contributed by atoms with Crippen molar-refractivity contribution in [2.24, 2.45) is 4.99 Å². The highest BCUT2D eigenvalue weighted by Gasteiger charge is 2.30. The number of carbonyl (C=O) groups is 2. The Bertz CT molecular complexity index is 884. The maximum Gasteiger partial charge on any atom is 0.266 e. The molecule has 1 fully saturated rings. The van der Waals surface area contributed by atoms with Crippen LogP contribution in [0.3, 0.4) is 0 Å². The summed E-state index contributed by atoms with van der Waals surface area (Å²) in [6.45, 7) is 2.01. The Kier molecular flexibility index (Phi) is 4.72. The van der Waals surface area contributed by atoms with Gasteiger partial charge < -0.3 is 9.90 Å². The van der Waals surface area contributed by atoms with Crippen LogP contribution in [0.2, 0.25) is 0 Å². The van der Waals surface area contributed by atoms with Crippen molar-refractivity contribution in [2.75, 3.05) is 7.05 Å². The summed E-state index contributed by atoms with van der Waals surface area (Å²) >= 11 is 1.29. The Balaban J connectivity index is 1.85. The lowest BCUT2D eigenvalue weighted by Crippen LogP contribution is -2.23. The number of benzene rings is 2. The largest absolute Gasteiger partial charge is 0.545 e. The molecule has 3 rings (SSSR count). The van der Waals surface area contributed by atoms with Crippen molar-refractivity contribution in [3.05, 3.63) is 70.1 Å². The number of aryl methyl sites for hydroxylation is 1. The molecule has 1 aliphatic rings. The van der Waals surface area contributed by atoms with Gasteiger partial charge in [-0.1, -0.05) is 42.0 Å². The number of hydrogen-bond acceptors (Lipinski definition) is 5. The van der Waals surface area contributed by atoms with Gasteiger partial charge in [0.25, 0.3) is 5.91 Å². The molecule has 1 saturated heterocycles. The molecule has 126 valence electrons. The van der Waals surface area contributed by atoms with Crippen LogP contribution in [0.15, 0.2) is 58.4 Å². The smallest absolute Gasteiger partial charge is 0.266 e. The molecular weight excluding hydrogens is 336 g/mol. The number of carboxylic acids is 1. The molecule has 0 radical (unpaired) electrons. The Hall–Kier alpha value is -2.86. The fraction of sp³-hybridized carbons (Fsp3) is 0.105. The molecule has 2 aromatic carbocycles. The van der Waals surface area contributed by atoms with E-state index in [1.807, 2.05) is 37.3 Å². The van der Waals surface area contributed by atoms with Crippen molar-refractivity contribution in [1.82, 2.24) is 4.90 Å². The van der Waals surface area contributed by atoms with E-state index in [1.165, 1.54) is 28.8 Å². The van der Waals surface area contributed by atoms with Crippen LogP contribution in [-0.4, -0.2) is 29.0 Å². The number of thioether (sulfide) groups is 1. The Morgan fingerprint density at radius 3 is 2.36 bits per heavy atom. The number of aromatic carboxylic acids is 1. The van der Waals surface area contributed by atoms with E-state index in [1.54, 1.807) is 19.2 Å². The minimum absolute atomic E-state index is 0.0902. The highest BCUT2D eigenvalue weighted by Crippen LogP contribution is 2.33. The SMILES string of the molecule is Cc1ccc(/C=C2\SC(=Nc3ccc(C(=O)[O-])cc3)N(C)C2=O)cc1. The van der Waals surface area contributed by atoms with Gasteiger partial charge in [0, 0.05) is 7.05 Å². The number of likely N-dealkylation sites (N-methyl/N-ethyl adjacent to an activating group) is 1. The second-order valence-corrected chi connectivity index (χ2v) is 6.62. The number of aliphatic imine (C=N–C) groups is 1. The van der Waals surface area contributed by atoms with Gasteiger partial charge >= 0.3 is 0 Å². The molecule has 0 N–H and O–H groups in total. The highest BCUT2D eigenvalue weighted by atomic mass is 32.2. The average Bonchev–Trinajstić information content (AvgIpc) is 2.85. The number of nitrogens with zero attached hydrogens (tertiary/aromatic N) is 2. The predicted molar refractivity (Wildman–Crippen MR) is 97.4 cm³/mol. The molecule has 2 aromatic rings. The van der Waals surface area contributed by atoms with Gasteiger partial charge in [0.05, 0.1) is 16.6 Å². The van der Waals surface area contributed by atoms with Gasteiger partial charge in [0.15, 0.2) is 5.17 Å². The second kappa shape index (κ2) is 6.94. The van der Waals surface area contributed by atoms with E-state index in [4.69, 9.17) is 0 Å². The number of carbonyl (C=O) groups excluding carboxylic acids is 2. The summed E-state index contributed by atoms with van der Waals surface area (Å²) < 4.78 is 0. The Labute approximate surface area is 149 Å². The van der Waals surface area contributed by atoms with Crippen molar-refractivity contribution in [1.29, 1.82) is 0 Å². The van der Waals surface area contributed by atoms with Gasteiger partial charge in [-0.3, -0.25) is 9.69 Å². The van der Waals surface area contributed by atoms with Gasteiger partial charge in [-0.25, -0.2) is 4.99 Å². The number of rotatable bonds is 3. The standard InChI is InChI=1S/C19H16N2O3S/c1-12-3-5-13(6-4-12)11-16-17(22)21(2)19(25-16)20-15-9-7-14(8-10-15)18(23)24/h3-11H,1-2H3,(H,23,24)/p-1/b16-11-,20-19?. The molecule has 0 aliphatic carbocycles.